The van der Waals surface area contributed by atoms with Crippen molar-refractivity contribution in [3.05, 3.63) is 311 Å². The van der Waals surface area contributed by atoms with Gasteiger partial charge in [-0.25, -0.2) is 57.4 Å². The molecule has 734 valence electrons. The maximum absolute atomic E-state index is 13.4. The number of anilines is 3. The SMILES string of the molecule is CC(C=Cc1c(-c2ccccc2)nn(C(N)=O)c1[O-])=CC=C1C(=O)N(C(N)=O)N=C1c1ccccc1.CCC1=NN(C(=O)NC)C(=O)C1=CC=C(C)C=Cc1c(CC)nn(C(=O)NC)c1[O-].CCC1=NN(C(N)=O)C(=O)C1=CC=C(C)C=Cc1c(CC)nn(C(N)=O)c1[O-].NC(=O)Nc1cccc(N2C(=O)NC(=O)C(=CC=C(C=Cc3c([O-])[nH]c(=O)n(-c4cccc(NC(N)=O)c4)c3=O)c3ccncc3)C2=O)c1.[K+].[K+].[K+].[K+]. The van der Waals surface area contributed by atoms with Gasteiger partial charge in [-0.05, 0) is 142 Å². The molecule has 1 saturated heterocycles. The van der Waals surface area contributed by atoms with E-state index in [1.54, 1.807) is 156 Å². The molecule has 0 aliphatic carbocycles. The van der Waals surface area contributed by atoms with Gasteiger partial charge in [-0.15, -0.1) is 15.0 Å². The summed E-state index contributed by atoms with van der Waals surface area (Å²) in [6, 6.07) is 24.4. The second kappa shape index (κ2) is 56.9. The van der Waals surface area contributed by atoms with E-state index in [0.29, 0.717) is 128 Å². The monoisotopic (exact) mass is 2100 g/mol. The molecule has 0 saturated carbocycles. The Balaban J connectivity index is 0.000000304. The molecule has 51 heteroatoms. The fourth-order valence-corrected chi connectivity index (χ4v) is 13.5. The number of barbiturate groups is 1. The van der Waals surface area contributed by atoms with Crippen LogP contribution in [0.1, 0.15) is 106 Å². The van der Waals surface area contributed by atoms with Crippen LogP contribution in [0.15, 0.2) is 271 Å². The van der Waals surface area contributed by atoms with E-state index in [2.05, 4.69) is 67.2 Å². The summed E-state index contributed by atoms with van der Waals surface area (Å²) in [4.78, 5) is 201. The van der Waals surface area contributed by atoms with Gasteiger partial charge in [0.1, 0.15) is 11.3 Å². The van der Waals surface area contributed by atoms with Crippen LogP contribution in [0.5, 0.6) is 23.5 Å². The molecule has 4 aliphatic heterocycles. The summed E-state index contributed by atoms with van der Waals surface area (Å²) in [6.07, 6.45) is 29.1. The molecule has 0 radical (unpaired) electrons. The average molecular weight is 2100 g/mol. The molecule has 5 aromatic heterocycles. The number of hydrogen-bond acceptors (Lipinski definition) is 27. The van der Waals surface area contributed by atoms with Gasteiger partial charge in [-0.2, -0.15) is 44.6 Å². The quantitative estimate of drug-likeness (QED) is 0.0123. The first kappa shape index (κ1) is 122. The number of nitrogens with zero attached hydrogens (tertiary/aromatic N) is 15. The number of nitrogens with one attached hydrogen (secondary N) is 6. The number of H-pyrrole nitrogens is 1. The first-order chi connectivity index (χ1) is 68.2. The normalized spacial score (nSPS) is 14.8. The number of nitrogens with two attached hydrogens (primary N) is 6. The molecule has 9 aromatic rings. The second-order valence-corrected chi connectivity index (χ2v) is 30.2. The van der Waals surface area contributed by atoms with Crippen molar-refractivity contribution in [2.45, 2.75) is 74.1 Å². The number of allylic oxidation sites excluding steroid dienone is 16. The number of amides is 20. The maximum atomic E-state index is 13.4. The van der Waals surface area contributed by atoms with Crippen LogP contribution in [-0.4, -0.2) is 174 Å². The van der Waals surface area contributed by atoms with E-state index < -0.39 is 130 Å². The standard InChI is InChI=1S/C32H25N9O8.C26H22N6O4.C20H26N6O4.C18H22N6O4.4K/c33-29(46)36-19-3-1-5-21(15-19)40-27(44)23(25(42)38-31(40)48)9-7-17(18-11-13-35-14-12-18)8-10-24-26(43)39-32(49)41(28(24)45)22-6-2-4-20(16-22)37-30(34)47;1-16(12-14-19-21(17-8-4-2-5-9-17)29-31(23(19)33)25(27)35)13-15-20-22(18-10-6-3-7-11-18)30-32(24(20)34)26(28)36;1-6-15-13(17(27)25(23-15)19(29)21-4)10-8-12(3)9-11-14-16(7-2)24-26(18(14)28)20(30)22-5;1-4-13-11(15(25)23(21-13)17(19)27)8-6-10(3)7-9-12-14(5-2)22-24(16(12)26)18(20)28;;;;/h1-16,42H,(H,38,48)(H3,33,36,46)(H3,34,37,47)(H,39,43,49);2-15,33H,1H3,(H2,27,35)(H2,28,36);8-11,27H,6-7H2,1-5H3,(H,21,29)(H,22,30);6-9,25H,4-5H2,1-3H3,(H2,19,27)(H2,20,28);;;;/q;;;;4*+1/p-4. The summed E-state index contributed by atoms with van der Waals surface area (Å²) in [5.74, 6) is -6.45. The molecule has 4 aliphatic rings. The van der Waals surface area contributed by atoms with Gasteiger partial charge in [0.15, 0.2) is 0 Å². The van der Waals surface area contributed by atoms with Crippen LogP contribution in [-0.2, 0) is 36.8 Å². The van der Waals surface area contributed by atoms with Gasteiger partial charge in [0.05, 0.1) is 56.6 Å². The number of rotatable bonds is 23. The number of benzene rings is 4. The molecule has 0 unspecified atom stereocenters. The first-order valence-corrected chi connectivity index (χ1v) is 42.9. The molecule has 4 aromatic carbocycles. The number of aromatic amines is 1. The van der Waals surface area contributed by atoms with Crippen molar-refractivity contribution in [2.24, 2.45) is 49.7 Å². The molecule has 0 spiro atoms. The molecule has 20 amide bonds. The Labute approximate surface area is 1010 Å². The largest absolute Gasteiger partial charge is 1.00 e. The molecular formula is C96H91K4N27O20. The van der Waals surface area contributed by atoms with Gasteiger partial charge in [0.25, 0.3) is 35.1 Å². The third-order valence-electron chi connectivity index (χ3n) is 20.6. The molecule has 0 atom stereocenters. The maximum Gasteiger partial charge on any atom is 1.00 e. The van der Waals surface area contributed by atoms with Crippen LogP contribution >= 0.6 is 0 Å². The molecule has 47 nitrogen and oxygen atoms in total. The van der Waals surface area contributed by atoms with Crippen molar-refractivity contribution in [3.63, 3.8) is 0 Å². The second-order valence-electron chi connectivity index (χ2n) is 30.2. The number of carbonyl (C=O) groups excluding carboxylic acids is 14. The number of pyridine rings is 1. The van der Waals surface area contributed by atoms with Gasteiger partial charge >= 0.3 is 266 Å². The summed E-state index contributed by atoms with van der Waals surface area (Å²) in [6.45, 7) is 12.6. The predicted octanol–water partition coefficient (Wildman–Crippen LogP) is -5.38. The van der Waals surface area contributed by atoms with E-state index in [1.165, 1.54) is 99.3 Å². The Hall–Kier alpha value is -13.6. The predicted molar refractivity (Wildman–Crippen MR) is 520 cm³/mol. The Morgan fingerprint density at radius 2 is 0.857 bits per heavy atom. The number of primary amides is 6. The van der Waals surface area contributed by atoms with Crippen molar-refractivity contribution in [3.8, 4) is 40.5 Å². The minimum atomic E-state index is -1.03. The van der Waals surface area contributed by atoms with E-state index in [1.807, 2.05) is 26.0 Å². The van der Waals surface area contributed by atoms with E-state index in [4.69, 9.17) is 34.4 Å². The zero-order valence-electron chi connectivity index (χ0n) is 81.6. The zero-order valence-corrected chi connectivity index (χ0v) is 94.1. The number of aromatic nitrogens is 9. The summed E-state index contributed by atoms with van der Waals surface area (Å²) < 4.78 is 2.73. The number of aryl methyl sites for hydroxylation is 2. The van der Waals surface area contributed by atoms with Crippen molar-refractivity contribution in [1.82, 2.24) is 74.9 Å². The third-order valence-corrected chi connectivity index (χ3v) is 20.6. The molecular weight excluding hydrogens is 2010 g/mol. The number of carbonyl (C=O) groups is 14. The van der Waals surface area contributed by atoms with Gasteiger partial charge in [0, 0.05) is 88.9 Å². The van der Waals surface area contributed by atoms with E-state index in [-0.39, 0.29) is 256 Å². The number of imide groups is 5. The van der Waals surface area contributed by atoms with Gasteiger partial charge in [-0.3, -0.25) is 39.1 Å². The number of hydrazone groups is 3. The van der Waals surface area contributed by atoms with Crippen LogP contribution in [0.25, 0.3) is 46.8 Å². The number of urea groups is 6. The fraction of sp³-hybridized carbons (Fsp3) is 0.135. The van der Waals surface area contributed by atoms with Crippen LogP contribution in [0.3, 0.4) is 0 Å². The minimum Gasteiger partial charge on any atom is -0.860 e. The number of hydrogen-bond donors (Lipinski definition) is 12. The summed E-state index contributed by atoms with van der Waals surface area (Å²) in [7, 11) is 2.85. The Bertz CT molecular complexity index is 7320. The van der Waals surface area contributed by atoms with Crippen molar-refractivity contribution in [2.75, 3.05) is 29.6 Å². The minimum absolute atomic E-state index is 0. The summed E-state index contributed by atoms with van der Waals surface area (Å²) in [5.41, 5.74) is 37.0. The summed E-state index contributed by atoms with van der Waals surface area (Å²) >= 11 is 0. The molecule has 1 fully saturated rings. The zero-order chi connectivity index (χ0) is 104. The van der Waals surface area contributed by atoms with Crippen LogP contribution in [0.2, 0.25) is 0 Å². The van der Waals surface area contributed by atoms with Crippen LogP contribution < -0.4 is 303 Å². The summed E-state index contributed by atoms with van der Waals surface area (Å²) in [5, 5.41) is 87.8. The van der Waals surface area contributed by atoms with Gasteiger partial charge in [0.2, 0.25) is 0 Å². The van der Waals surface area contributed by atoms with Crippen molar-refractivity contribution < 1.29 is 293 Å². The molecule has 13 rings (SSSR count). The van der Waals surface area contributed by atoms with E-state index >= 15 is 0 Å². The third kappa shape index (κ3) is 30.8. The Morgan fingerprint density at radius 3 is 1.35 bits per heavy atom. The van der Waals surface area contributed by atoms with Gasteiger partial charge < -0.3 is 81.1 Å². The van der Waals surface area contributed by atoms with E-state index in [9.17, 15) is 97.1 Å². The Morgan fingerprint density at radius 1 is 0.429 bits per heavy atom. The van der Waals surface area contributed by atoms with Crippen LogP contribution in [0, 0.1) is 0 Å². The smallest absolute Gasteiger partial charge is 0.860 e. The molecule has 9 heterocycles. The van der Waals surface area contributed by atoms with Crippen molar-refractivity contribution in [1.29, 1.82) is 0 Å². The van der Waals surface area contributed by atoms with E-state index in [0.717, 1.165) is 27.4 Å². The molecule has 147 heavy (non-hydrogen) atoms. The average Bonchev–Trinajstić information content (AvgIpc) is 1.77. The molecule has 0 bridgehead atoms. The molecule has 18 N–H and O–H groups in total. The topological polar surface area (TPSA) is 719 Å². The van der Waals surface area contributed by atoms with Gasteiger partial charge in [-0.1, -0.05) is 184 Å². The van der Waals surface area contributed by atoms with Crippen molar-refractivity contribution >= 4 is 148 Å². The first-order valence-electron chi connectivity index (χ1n) is 42.9. The Kier molecular flexibility index (Phi) is 47.2. The van der Waals surface area contributed by atoms with Crippen LogP contribution in [0.4, 0.5) is 60.2 Å². The fourth-order valence-electron chi connectivity index (χ4n) is 13.5.